The van der Waals surface area contributed by atoms with Crippen molar-refractivity contribution >= 4 is 11.8 Å². The van der Waals surface area contributed by atoms with Gasteiger partial charge in [-0.05, 0) is 12.1 Å². The second kappa shape index (κ2) is 7.59. The standard InChI is InChI=1S/C14H20N4O2/c19-13(17-11-12-3-1-2-6-16-12)4-5-14(20)18-9-7-15-8-10-18/h1-3,6,15H,4-5,7-11H2,(H,17,19). The second-order valence-electron chi connectivity index (χ2n) is 4.73. The van der Waals surface area contributed by atoms with E-state index < -0.39 is 0 Å². The highest BCUT2D eigenvalue weighted by atomic mass is 16.2. The fraction of sp³-hybridized carbons (Fsp3) is 0.500. The summed E-state index contributed by atoms with van der Waals surface area (Å²) in [6.45, 7) is 3.53. The van der Waals surface area contributed by atoms with Crippen LogP contribution < -0.4 is 10.6 Å². The number of aromatic nitrogens is 1. The highest BCUT2D eigenvalue weighted by Crippen LogP contribution is 2.00. The monoisotopic (exact) mass is 276 g/mol. The lowest BCUT2D eigenvalue weighted by molar-refractivity contribution is -0.134. The summed E-state index contributed by atoms with van der Waals surface area (Å²) in [5.74, 6) is -0.0568. The van der Waals surface area contributed by atoms with Crippen molar-refractivity contribution in [3.8, 4) is 0 Å². The lowest BCUT2D eigenvalue weighted by Crippen LogP contribution is -2.46. The van der Waals surface area contributed by atoms with Gasteiger partial charge in [0.25, 0.3) is 0 Å². The van der Waals surface area contributed by atoms with Gasteiger partial charge >= 0.3 is 0 Å². The summed E-state index contributed by atoms with van der Waals surface area (Å²) in [7, 11) is 0. The number of carbonyl (C=O) groups excluding carboxylic acids is 2. The van der Waals surface area contributed by atoms with Crippen LogP contribution >= 0.6 is 0 Å². The van der Waals surface area contributed by atoms with Crippen LogP contribution in [0, 0.1) is 0 Å². The smallest absolute Gasteiger partial charge is 0.223 e. The molecule has 20 heavy (non-hydrogen) atoms. The molecule has 0 aliphatic carbocycles. The molecule has 0 unspecified atom stereocenters. The van der Waals surface area contributed by atoms with Gasteiger partial charge in [0.1, 0.15) is 0 Å². The first-order valence-electron chi connectivity index (χ1n) is 6.91. The lowest BCUT2D eigenvalue weighted by Gasteiger charge is -2.27. The predicted octanol–water partition coefficient (Wildman–Crippen LogP) is -0.0902. The third-order valence-corrected chi connectivity index (χ3v) is 3.23. The van der Waals surface area contributed by atoms with Gasteiger partial charge < -0.3 is 15.5 Å². The maximum atomic E-state index is 11.9. The molecule has 1 aromatic rings. The van der Waals surface area contributed by atoms with Gasteiger partial charge in [-0.1, -0.05) is 6.07 Å². The van der Waals surface area contributed by atoms with E-state index in [1.54, 1.807) is 6.20 Å². The molecule has 1 aliphatic rings. The van der Waals surface area contributed by atoms with E-state index >= 15 is 0 Å². The molecule has 2 heterocycles. The number of pyridine rings is 1. The van der Waals surface area contributed by atoms with Crippen LogP contribution in [0.2, 0.25) is 0 Å². The van der Waals surface area contributed by atoms with Crippen molar-refractivity contribution in [2.45, 2.75) is 19.4 Å². The minimum absolute atomic E-state index is 0.0551. The summed E-state index contributed by atoms with van der Waals surface area (Å²) in [5, 5.41) is 5.97. The molecule has 1 aromatic heterocycles. The number of amides is 2. The number of hydrogen-bond acceptors (Lipinski definition) is 4. The van der Waals surface area contributed by atoms with Crippen LogP contribution in [-0.2, 0) is 16.1 Å². The molecule has 2 amide bonds. The maximum absolute atomic E-state index is 11.9. The van der Waals surface area contributed by atoms with Crippen molar-refractivity contribution in [1.29, 1.82) is 0 Å². The summed E-state index contributed by atoms with van der Waals surface area (Å²) < 4.78 is 0. The number of hydrogen-bond donors (Lipinski definition) is 2. The van der Waals surface area contributed by atoms with Crippen molar-refractivity contribution in [2.75, 3.05) is 26.2 Å². The van der Waals surface area contributed by atoms with E-state index in [4.69, 9.17) is 0 Å². The van der Waals surface area contributed by atoms with E-state index in [1.807, 2.05) is 23.1 Å². The van der Waals surface area contributed by atoms with Crippen LogP contribution in [0.15, 0.2) is 24.4 Å². The minimum atomic E-state index is -0.112. The van der Waals surface area contributed by atoms with Crippen LogP contribution in [0.5, 0.6) is 0 Å². The number of rotatable bonds is 5. The quantitative estimate of drug-likeness (QED) is 0.788. The van der Waals surface area contributed by atoms with Crippen LogP contribution in [0.4, 0.5) is 0 Å². The Morgan fingerprint density at radius 2 is 2.05 bits per heavy atom. The zero-order valence-corrected chi connectivity index (χ0v) is 11.5. The van der Waals surface area contributed by atoms with Crippen molar-refractivity contribution in [3.63, 3.8) is 0 Å². The largest absolute Gasteiger partial charge is 0.350 e. The summed E-state index contributed by atoms with van der Waals surface area (Å²) in [4.78, 5) is 29.5. The van der Waals surface area contributed by atoms with Gasteiger partial charge in [0.2, 0.25) is 11.8 Å². The van der Waals surface area contributed by atoms with Crippen LogP contribution in [-0.4, -0.2) is 47.9 Å². The zero-order chi connectivity index (χ0) is 14.2. The Kier molecular flexibility index (Phi) is 5.49. The first kappa shape index (κ1) is 14.5. The van der Waals surface area contributed by atoms with Crippen molar-refractivity contribution < 1.29 is 9.59 Å². The molecular formula is C14H20N4O2. The van der Waals surface area contributed by atoms with Gasteiger partial charge in [0, 0.05) is 45.2 Å². The topological polar surface area (TPSA) is 74.3 Å². The first-order valence-corrected chi connectivity index (χ1v) is 6.91. The Labute approximate surface area is 118 Å². The summed E-state index contributed by atoms with van der Waals surface area (Å²) >= 11 is 0. The van der Waals surface area contributed by atoms with E-state index in [9.17, 15) is 9.59 Å². The van der Waals surface area contributed by atoms with Crippen LogP contribution in [0.1, 0.15) is 18.5 Å². The Morgan fingerprint density at radius 1 is 1.25 bits per heavy atom. The van der Waals surface area contributed by atoms with Crippen molar-refractivity contribution in [2.24, 2.45) is 0 Å². The molecule has 0 saturated carbocycles. The van der Waals surface area contributed by atoms with Gasteiger partial charge in [-0.2, -0.15) is 0 Å². The normalized spacial score (nSPS) is 14.9. The number of piperazine rings is 1. The summed E-state index contributed by atoms with van der Waals surface area (Å²) in [6.07, 6.45) is 2.19. The molecule has 0 atom stereocenters. The fourth-order valence-corrected chi connectivity index (χ4v) is 2.07. The molecular weight excluding hydrogens is 256 g/mol. The number of carbonyl (C=O) groups is 2. The third kappa shape index (κ3) is 4.62. The molecule has 2 rings (SSSR count). The molecule has 2 N–H and O–H groups in total. The molecule has 6 nitrogen and oxygen atoms in total. The van der Waals surface area contributed by atoms with E-state index in [1.165, 1.54) is 0 Å². The molecule has 108 valence electrons. The predicted molar refractivity (Wildman–Crippen MR) is 74.8 cm³/mol. The Bertz CT molecular complexity index is 444. The number of nitrogens with zero attached hydrogens (tertiary/aromatic N) is 2. The molecule has 0 bridgehead atoms. The van der Waals surface area contributed by atoms with Gasteiger partial charge in [-0.3, -0.25) is 14.6 Å². The molecule has 0 radical (unpaired) electrons. The van der Waals surface area contributed by atoms with E-state index in [0.717, 1.165) is 31.9 Å². The van der Waals surface area contributed by atoms with Gasteiger partial charge in [0.15, 0.2) is 0 Å². The SMILES string of the molecule is O=C(CCC(=O)N1CCNCC1)NCc1ccccn1. The zero-order valence-electron chi connectivity index (χ0n) is 11.5. The van der Waals surface area contributed by atoms with Gasteiger partial charge in [-0.15, -0.1) is 0 Å². The molecule has 0 aromatic carbocycles. The summed E-state index contributed by atoms with van der Waals surface area (Å²) in [5.41, 5.74) is 0.814. The van der Waals surface area contributed by atoms with Crippen LogP contribution in [0.25, 0.3) is 0 Å². The highest BCUT2D eigenvalue weighted by molar-refractivity contribution is 5.83. The average molecular weight is 276 g/mol. The third-order valence-electron chi connectivity index (χ3n) is 3.23. The van der Waals surface area contributed by atoms with Gasteiger partial charge in [-0.25, -0.2) is 0 Å². The Morgan fingerprint density at radius 3 is 2.75 bits per heavy atom. The van der Waals surface area contributed by atoms with Crippen molar-refractivity contribution in [3.05, 3.63) is 30.1 Å². The fourth-order valence-electron chi connectivity index (χ4n) is 2.07. The lowest BCUT2D eigenvalue weighted by atomic mass is 10.2. The average Bonchev–Trinajstić information content (AvgIpc) is 2.52. The summed E-state index contributed by atoms with van der Waals surface area (Å²) in [6, 6.07) is 5.56. The highest BCUT2D eigenvalue weighted by Gasteiger charge is 2.16. The second-order valence-corrected chi connectivity index (χ2v) is 4.73. The first-order chi connectivity index (χ1) is 9.75. The van der Waals surface area contributed by atoms with E-state index in [0.29, 0.717) is 6.54 Å². The van der Waals surface area contributed by atoms with Gasteiger partial charge in [0.05, 0.1) is 12.2 Å². The van der Waals surface area contributed by atoms with Crippen molar-refractivity contribution in [1.82, 2.24) is 20.5 Å². The molecule has 1 aliphatic heterocycles. The molecule has 1 fully saturated rings. The van der Waals surface area contributed by atoms with Crippen LogP contribution in [0.3, 0.4) is 0 Å². The maximum Gasteiger partial charge on any atom is 0.223 e. The molecule has 6 heteroatoms. The van der Waals surface area contributed by atoms with E-state index in [2.05, 4.69) is 15.6 Å². The number of nitrogens with one attached hydrogen (secondary N) is 2. The molecule has 1 saturated heterocycles. The minimum Gasteiger partial charge on any atom is -0.350 e. The Balaban J connectivity index is 1.65. The Hall–Kier alpha value is -1.95. The molecule has 0 spiro atoms. The van der Waals surface area contributed by atoms with E-state index in [-0.39, 0.29) is 24.7 Å².